The first kappa shape index (κ1) is 16.0. The van der Waals surface area contributed by atoms with Crippen molar-refractivity contribution in [1.82, 2.24) is 20.3 Å². The molecule has 0 atom stereocenters. The summed E-state index contributed by atoms with van der Waals surface area (Å²) in [7, 11) is 3.35. The van der Waals surface area contributed by atoms with Gasteiger partial charge in [-0.15, -0.1) is 5.10 Å². The van der Waals surface area contributed by atoms with Crippen LogP contribution in [0.4, 0.5) is 0 Å². The second kappa shape index (κ2) is 10.9. The van der Waals surface area contributed by atoms with E-state index in [9.17, 15) is 0 Å². The molecule has 7 nitrogen and oxygen atoms in total. The van der Waals surface area contributed by atoms with Crippen molar-refractivity contribution in [1.29, 1.82) is 0 Å². The number of nitrogens with one attached hydrogen (secondary N) is 1. The van der Waals surface area contributed by atoms with Gasteiger partial charge in [0.2, 0.25) is 0 Å². The van der Waals surface area contributed by atoms with Crippen molar-refractivity contribution >= 4 is 0 Å². The Balaban J connectivity index is 2.06. The van der Waals surface area contributed by atoms with Gasteiger partial charge in [-0.25, -0.2) is 0 Å². The monoisotopic (exact) mass is 272 g/mol. The molecule has 0 amide bonds. The molecule has 0 saturated heterocycles. The molecule has 1 aromatic heterocycles. The van der Waals surface area contributed by atoms with Crippen LogP contribution in [0.3, 0.4) is 0 Å². The van der Waals surface area contributed by atoms with Gasteiger partial charge in [0.25, 0.3) is 0 Å². The van der Waals surface area contributed by atoms with Crippen molar-refractivity contribution in [3.63, 3.8) is 0 Å². The van der Waals surface area contributed by atoms with Gasteiger partial charge in [-0.1, -0.05) is 5.21 Å². The summed E-state index contributed by atoms with van der Waals surface area (Å²) in [5, 5.41) is 11.4. The van der Waals surface area contributed by atoms with E-state index in [4.69, 9.17) is 14.2 Å². The molecular formula is C12H24N4O3. The molecule has 19 heavy (non-hydrogen) atoms. The molecule has 0 saturated carbocycles. The van der Waals surface area contributed by atoms with E-state index < -0.39 is 0 Å². The van der Waals surface area contributed by atoms with E-state index in [1.54, 1.807) is 14.2 Å². The Morgan fingerprint density at radius 2 is 2.00 bits per heavy atom. The van der Waals surface area contributed by atoms with Crippen LogP contribution in [0.25, 0.3) is 0 Å². The third-order valence-corrected chi connectivity index (χ3v) is 2.48. The van der Waals surface area contributed by atoms with Crippen molar-refractivity contribution in [2.24, 2.45) is 0 Å². The van der Waals surface area contributed by atoms with E-state index in [0.29, 0.717) is 33.0 Å². The standard InChI is InChI=1S/C12H24N4O3/c1-17-7-4-13-10-12-11-16(15-14-12)5-3-6-19-9-8-18-2/h11,13H,3-10H2,1-2H3. The number of hydrogen-bond donors (Lipinski definition) is 1. The highest BCUT2D eigenvalue weighted by atomic mass is 16.5. The van der Waals surface area contributed by atoms with Gasteiger partial charge in [0, 0.05) is 46.7 Å². The van der Waals surface area contributed by atoms with E-state index in [2.05, 4.69) is 15.6 Å². The number of aromatic nitrogens is 3. The Kier molecular flexibility index (Phi) is 9.17. The second-order valence-electron chi connectivity index (χ2n) is 4.10. The van der Waals surface area contributed by atoms with Crippen LogP contribution in [-0.2, 0) is 27.3 Å². The van der Waals surface area contributed by atoms with Gasteiger partial charge in [-0.05, 0) is 6.42 Å². The SMILES string of the molecule is COCCNCc1cn(CCCOCCOC)nn1. The van der Waals surface area contributed by atoms with Gasteiger partial charge in [0.05, 0.1) is 25.5 Å². The van der Waals surface area contributed by atoms with Crippen LogP contribution in [-0.4, -0.2) is 62.2 Å². The molecule has 0 radical (unpaired) electrons. The smallest absolute Gasteiger partial charge is 0.0964 e. The normalized spacial score (nSPS) is 11.1. The topological polar surface area (TPSA) is 70.4 Å². The molecule has 110 valence electrons. The van der Waals surface area contributed by atoms with Crippen LogP contribution >= 0.6 is 0 Å². The minimum atomic E-state index is 0.640. The lowest BCUT2D eigenvalue weighted by molar-refractivity contribution is 0.0676. The fourth-order valence-corrected chi connectivity index (χ4v) is 1.49. The van der Waals surface area contributed by atoms with Gasteiger partial charge >= 0.3 is 0 Å². The number of nitrogens with zero attached hydrogens (tertiary/aromatic N) is 3. The fourth-order valence-electron chi connectivity index (χ4n) is 1.49. The van der Waals surface area contributed by atoms with Crippen molar-refractivity contribution < 1.29 is 14.2 Å². The maximum Gasteiger partial charge on any atom is 0.0964 e. The lowest BCUT2D eigenvalue weighted by Crippen LogP contribution is -2.18. The number of rotatable bonds is 12. The first-order valence-electron chi connectivity index (χ1n) is 6.52. The molecule has 0 fully saturated rings. The summed E-state index contributed by atoms with van der Waals surface area (Å²) in [6, 6.07) is 0. The molecule has 1 rings (SSSR count). The predicted octanol–water partition coefficient (Wildman–Crippen LogP) is 0.0672. The molecule has 0 aliphatic carbocycles. The number of hydrogen-bond acceptors (Lipinski definition) is 6. The average molecular weight is 272 g/mol. The molecule has 0 spiro atoms. The molecule has 1 N–H and O–H groups in total. The van der Waals surface area contributed by atoms with Gasteiger partial charge < -0.3 is 19.5 Å². The van der Waals surface area contributed by atoms with Crippen LogP contribution in [0, 0.1) is 0 Å². The Morgan fingerprint density at radius 3 is 2.79 bits per heavy atom. The quantitative estimate of drug-likeness (QED) is 0.543. The summed E-state index contributed by atoms with van der Waals surface area (Å²) in [5.41, 5.74) is 0.941. The highest BCUT2D eigenvalue weighted by Crippen LogP contribution is 1.95. The highest BCUT2D eigenvalue weighted by Gasteiger charge is 2.00. The number of ether oxygens (including phenoxy) is 3. The van der Waals surface area contributed by atoms with E-state index in [1.807, 2.05) is 10.9 Å². The summed E-state index contributed by atoms with van der Waals surface area (Å²) in [5.74, 6) is 0. The Hall–Kier alpha value is -1.02. The maximum absolute atomic E-state index is 5.38. The number of methoxy groups -OCH3 is 2. The van der Waals surface area contributed by atoms with Crippen LogP contribution in [0.2, 0.25) is 0 Å². The lowest BCUT2D eigenvalue weighted by Gasteiger charge is -2.03. The van der Waals surface area contributed by atoms with Crippen LogP contribution < -0.4 is 5.32 Å². The average Bonchev–Trinajstić information content (AvgIpc) is 2.87. The predicted molar refractivity (Wildman–Crippen MR) is 70.9 cm³/mol. The zero-order valence-corrected chi connectivity index (χ0v) is 11.8. The van der Waals surface area contributed by atoms with Crippen LogP contribution in [0.5, 0.6) is 0 Å². The molecule has 0 bridgehead atoms. The van der Waals surface area contributed by atoms with E-state index in [-0.39, 0.29) is 0 Å². The van der Waals surface area contributed by atoms with Crippen LogP contribution in [0.1, 0.15) is 12.1 Å². The van der Waals surface area contributed by atoms with E-state index in [0.717, 1.165) is 25.2 Å². The van der Waals surface area contributed by atoms with Crippen molar-refractivity contribution in [2.75, 3.05) is 47.2 Å². The van der Waals surface area contributed by atoms with Gasteiger partial charge in [0.1, 0.15) is 0 Å². The third-order valence-electron chi connectivity index (χ3n) is 2.48. The Labute approximate surface area is 114 Å². The van der Waals surface area contributed by atoms with Crippen LogP contribution in [0.15, 0.2) is 6.20 Å². The largest absolute Gasteiger partial charge is 0.383 e. The number of aryl methyl sites for hydroxylation is 1. The Morgan fingerprint density at radius 1 is 1.16 bits per heavy atom. The van der Waals surface area contributed by atoms with Gasteiger partial charge in [-0.3, -0.25) is 4.68 Å². The fraction of sp³-hybridized carbons (Fsp3) is 0.833. The molecule has 1 aromatic rings. The zero-order valence-electron chi connectivity index (χ0n) is 11.8. The zero-order chi connectivity index (χ0) is 13.8. The van der Waals surface area contributed by atoms with Gasteiger partial charge in [-0.2, -0.15) is 0 Å². The summed E-state index contributed by atoms with van der Waals surface area (Å²) < 4.78 is 17.1. The van der Waals surface area contributed by atoms with E-state index in [1.165, 1.54) is 0 Å². The minimum absolute atomic E-state index is 0.640. The highest BCUT2D eigenvalue weighted by molar-refractivity contribution is 4.91. The van der Waals surface area contributed by atoms with Gasteiger partial charge in [0.15, 0.2) is 0 Å². The molecule has 0 unspecified atom stereocenters. The van der Waals surface area contributed by atoms with Crippen molar-refractivity contribution in [2.45, 2.75) is 19.5 Å². The molecule has 0 aliphatic heterocycles. The lowest BCUT2D eigenvalue weighted by atomic mass is 10.4. The summed E-state index contributed by atoms with van der Waals surface area (Å²) in [6.07, 6.45) is 2.87. The first-order valence-corrected chi connectivity index (χ1v) is 6.52. The summed E-state index contributed by atoms with van der Waals surface area (Å²) >= 11 is 0. The summed E-state index contributed by atoms with van der Waals surface area (Å²) in [6.45, 7) is 5.04. The van der Waals surface area contributed by atoms with Crippen molar-refractivity contribution in [3.05, 3.63) is 11.9 Å². The van der Waals surface area contributed by atoms with Crippen molar-refractivity contribution in [3.8, 4) is 0 Å². The molecule has 0 aromatic carbocycles. The summed E-state index contributed by atoms with van der Waals surface area (Å²) in [4.78, 5) is 0. The first-order chi connectivity index (χ1) is 9.36. The third kappa shape index (κ3) is 7.89. The maximum atomic E-state index is 5.38. The molecule has 1 heterocycles. The van der Waals surface area contributed by atoms with E-state index >= 15 is 0 Å². The molecule has 7 heteroatoms. The molecular weight excluding hydrogens is 248 g/mol. The second-order valence-corrected chi connectivity index (χ2v) is 4.10. The Bertz CT molecular complexity index is 320. The molecule has 0 aliphatic rings. The minimum Gasteiger partial charge on any atom is -0.383 e.